The summed E-state index contributed by atoms with van der Waals surface area (Å²) in [6, 6.07) is -2.97. The van der Waals surface area contributed by atoms with Crippen molar-refractivity contribution in [3.8, 4) is 0 Å². The first-order valence-electron chi connectivity index (χ1n) is 10.8. The van der Waals surface area contributed by atoms with Crippen molar-refractivity contribution in [2.45, 2.75) is 31.3 Å². The van der Waals surface area contributed by atoms with Crippen LogP contribution in [0.15, 0.2) is 0 Å². The lowest BCUT2D eigenvalue weighted by atomic mass is 10.2. The Morgan fingerprint density at radius 1 is 0.595 bits per heavy atom. The van der Waals surface area contributed by atoms with Gasteiger partial charge in [0.25, 0.3) is 0 Å². The number of nitrogens with two attached hydrogens (primary N) is 1. The molecular weight excluding hydrogens is 502 g/mol. The van der Waals surface area contributed by atoms with Gasteiger partial charge in [-0.1, -0.05) is 0 Å². The van der Waals surface area contributed by atoms with Gasteiger partial charge in [-0.05, 0) is 6.42 Å². The van der Waals surface area contributed by atoms with Gasteiger partial charge in [0.05, 0.1) is 39.4 Å². The van der Waals surface area contributed by atoms with Crippen molar-refractivity contribution in [2.75, 3.05) is 39.4 Å². The molecule has 0 aromatic carbocycles. The van der Waals surface area contributed by atoms with E-state index in [4.69, 9.17) is 10.8 Å². The van der Waals surface area contributed by atoms with Crippen molar-refractivity contribution in [3.63, 3.8) is 0 Å². The van der Waals surface area contributed by atoms with Gasteiger partial charge in [0.1, 0.15) is 12.1 Å². The smallest absolute Gasteiger partial charge is 0.303 e. The molecule has 0 rings (SSSR count). The minimum absolute atomic E-state index is 0.0671. The van der Waals surface area contributed by atoms with Gasteiger partial charge in [-0.3, -0.25) is 38.4 Å². The third-order valence-electron chi connectivity index (χ3n) is 4.22. The largest absolute Gasteiger partial charge is 0.481 e. The first kappa shape index (κ1) is 32.7. The topological polar surface area (TPSA) is 295 Å². The number of nitrogens with one attached hydrogen (secondary N) is 6. The molecule has 0 spiro atoms. The summed E-state index contributed by atoms with van der Waals surface area (Å²) in [6.45, 7) is -4.00. The molecule has 0 aliphatic heterocycles. The molecule has 0 aromatic heterocycles. The first-order valence-corrected chi connectivity index (χ1v) is 10.8. The Kier molecular flexibility index (Phi) is 15.9. The number of aliphatic carboxylic acids is 1. The summed E-state index contributed by atoms with van der Waals surface area (Å²) < 4.78 is 0. The Morgan fingerprint density at radius 2 is 1.03 bits per heavy atom. The van der Waals surface area contributed by atoms with Crippen LogP contribution in [0.25, 0.3) is 0 Å². The van der Waals surface area contributed by atoms with Crippen LogP contribution in [0.2, 0.25) is 0 Å². The summed E-state index contributed by atoms with van der Waals surface area (Å²) in [7, 11) is 0. The van der Waals surface area contributed by atoms with Gasteiger partial charge in [-0.25, -0.2) is 0 Å². The number of hydrogen-bond acceptors (Lipinski definition) is 10. The van der Waals surface area contributed by atoms with Crippen LogP contribution in [-0.2, 0) is 38.4 Å². The summed E-state index contributed by atoms with van der Waals surface area (Å²) in [6.07, 6.45) is -0.287. The van der Waals surface area contributed by atoms with Gasteiger partial charge in [-0.15, -0.1) is 0 Å². The zero-order valence-electron chi connectivity index (χ0n) is 19.7. The summed E-state index contributed by atoms with van der Waals surface area (Å²) in [5.74, 6) is -6.92. The van der Waals surface area contributed by atoms with Crippen LogP contribution in [0, 0.1) is 0 Å². The average molecular weight is 533 g/mol. The van der Waals surface area contributed by atoms with Gasteiger partial charge >= 0.3 is 5.97 Å². The molecule has 18 heteroatoms. The molecule has 0 aliphatic rings. The monoisotopic (exact) mass is 533 g/mol. The molecule has 7 amide bonds. The lowest BCUT2D eigenvalue weighted by Gasteiger charge is -2.18. The molecule has 2 atom stereocenters. The van der Waals surface area contributed by atoms with E-state index in [1.54, 1.807) is 0 Å². The maximum absolute atomic E-state index is 12.1. The number of carbonyl (C=O) groups is 8. The van der Waals surface area contributed by atoms with E-state index in [1.807, 2.05) is 0 Å². The molecule has 11 N–H and O–H groups in total. The molecule has 0 saturated carbocycles. The SMILES string of the molecule is NC(=O)CNC(=O)CNC(=O)C(CO)NC(=O)CNC(=O)[C@H](CO)NC(=O)CNC(=O)CCCC(=O)O. The third kappa shape index (κ3) is 16.1. The highest BCUT2D eigenvalue weighted by molar-refractivity contribution is 5.94. The van der Waals surface area contributed by atoms with Crippen molar-refractivity contribution < 1.29 is 53.7 Å². The summed E-state index contributed by atoms with van der Waals surface area (Å²) in [4.78, 5) is 92.0. The third-order valence-corrected chi connectivity index (χ3v) is 4.22. The highest BCUT2D eigenvalue weighted by Crippen LogP contribution is 1.94. The van der Waals surface area contributed by atoms with Crippen molar-refractivity contribution in [1.29, 1.82) is 0 Å². The second-order valence-corrected chi connectivity index (χ2v) is 7.31. The van der Waals surface area contributed by atoms with Crippen molar-refractivity contribution in [2.24, 2.45) is 5.73 Å². The van der Waals surface area contributed by atoms with Gasteiger partial charge in [0.15, 0.2) is 0 Å². The van der Waals surface area contributed by atoms with Gasteiger partial charge in [0, 0.05) is 12.8 Å². The van der Waals surface area contributed by atoms with Crippen LogP contribution >= 0.6 is 0 Å². The Morgan fingerprint density at radius 3 is 1.46 bits per heavy atom. The van der Waals surface area contributed by atoms with E-state index in [0.717, 1.165) is 0 Å². The predicted octanol–water partition coefficient (Wildman–Crippen LogP) is -6.85. The molecule has 0 heterocycles. The van der Waals surface area contributed by atoms with E-state index in [9.17, 15) is 48.6 Å². The molecule has 208 valence electrons. The van der Waals surface area contributed by atoms with E-state index in [-0.39, 0.29) is 19.3 Å². The maximum atomic E-state index is 12.1. The number of aliphatic hydroxyl groups is 2. The quantitative estimate of drug-likeness (QED) is 0.0789. The molecule has 0 saturated heterocycles. The summed E-state index contributed by atoms with van der Waals surface area (Å²) >= 11 is 0. The summed E-state index contributed by atoms with van der Waals surface area (Å²) in [5, 5.41) is 39.9. The van der Waals surface area contributed by atoms with E-state index in [2.05, 4.69) is 31.9 Å². The molecular formula is C19H31N7O11. The Balaban J connectivity index is 4.46. The van der Waals surface area contributed by atoms with Crippen LogP contribution < -0.4 is 37.6 Å². The number of hydrogen-bond donors (Lipinski definition) is 10. The number of rotatable bonds is 18. The molecule has 37 heavy (non-hydrogen) atoms. The number of carbonyl (C=O) groups excluding carboxylic acids is 7. The average Bonchev–Trinajstić information content (AvgIpc) is 2.84. The highest BCUT2D eigenvalue weighted by atomic mass is 16.4. The molecule has 0 bridgehead atoms. The van der Waals surface area contributed by atoms with E-state index >= 15 is 0 Å². The Labute approximate surface area is 210 Å². The fourth-order valence-electron chi connectivity index (χ4n) is 2.38. The summed E-state index contributed by atoms with van der Waals surface area (Å²) in [5.41, 5.74) is 4.85. The van der Waals surface area contributed by atoms with Crippen LogP contribution in [0.5, 0.6) is 0 Å². The molecule has 0 aromatic rings. The molecule has 0 radical (unpaired) electrons. The van der Waals surface area contributed by atoms with Crippen LogP contribution in [0.1, 0.15) is 19.3 Å². The fourth-order valence-corrected chi connectivity index (χ4v) is 2.38. The molecule has 18 nitrogen and oxygen atoms in total. The van der Waals surface area contributed by atoms with Crippen LogP contribution in [0.3, 0.4) is 0 Å². The zero-order valence-corrected chi connectivity index (χ0v) is 19.7. The lowest BCUT2D eigenvalue weighted by molar-refractivity contribution is -0.137. The van der Waals surface area contributed by atoms with Gasteiger partial charge < -0.3 is 53.0 Å². The van der Waals surface area contributed by atoms with E-state index < -0.39 is 98.8 Å². The van der Waals surface area contributed by atoms with Crippen molar-refractivity contribution in [3.05, 3.63) is 0 Å². The predicted molar refractivity (Wildman–Crippen MR) is 121 cm³/mol. The minimum atomic E-state index is -1.49. The standard InChI is InChI=1S/C19H31N7O11/c20-12(29)4-21-14(31)5-23-18(36)10(8-27)26-16(33)7-24-19(37)11(9-28)25-15(32)6-22-13(30)2-1-3-17(34)35/h10-11,27-28H,1-9H2,(H2,20,29)(H,21,31)(H,22,30)(H,23,36)(H,24,37)(H,25,32)(H,26,33)(H,34,35)/t10?,11-/m0/s1. The second kappa shape index (κ2) is 18.0. The number of aliphatic hydroxyl groups excluding tert-OH is 2. The Bertz CT molecular complexity index is 865. The van der Waals surface area contributed by atoms with Crippen LogP contribution in [0.4, 0.5) is 0 Å². The number of primary amides is 1. The Hall–Kier alpha value is -4.32. The van der Waals surface area contributed by atoms with Crippen molar-refractivity contribution in [1.82, 2.24) is 31.9 Å². The second-order valence-electron chi connectivity index (χ2n) is 7.31. The van der Waals surface area contributed by atoms with E-state index in [1.165, 1.54) is 0 Å². The fraction of sp³-hybridized carbons (Fsp3) is 0.579. The molecule has 0 aliphatic carbocycles. The first-order chi connectivity index (χ1) is 17.4. The normalized spacial score (nSPS) is 11.7. The zero-order chi connectivity index (χ0) is 28.4. The number of carboxylic acid groups (broad SMARTS) is 1. The van der Waals surface area contributed by atoms with E-state index in [0.29, 0.717) is 0 Å². The van der Waals surface area contributed by atoms with Crippen molar-refractivity contribution >= 4 is 47.3 Å². The van der Waals surface area contributed by atoms with Crippen LogP contribution in [-0.4, -0.2) is 114 Å². The minimum Gasteiger partial charge on any atom is -0.481 e. The number of amides is 7. The molecule has 0 fully saturated rings. The van der Waals surface area contributed by atoms with Gasteiger partial charge in [-0.2, -0.15) is 0 Å². The number of carboxylic acids is 1. The molecule has 1 unspecified atom stereocenters. The van der Waals surface area contributed by atoms with Gasteiger partial charge in [0.2, 0.25) is 41.4 Å². The lowest BCUT2D eigenvalue weighted by Crippen LogP contribution is -2.55. The maximum Gasteiger partial charge on any atom is 0.303 e. The highest BCUT2D eigenvalue weighted by Gasteiger charge is 2.23.